The Morgan fingerprint density at radius 1 is 1.03 bits per heavy atom. The summed E-state index contributed by atoms with van der Waals surface area (Å²) in [7, 11) is 0. The van der Waals surface area contributed by atoms with Crippen LogP contribution in [0.5, 0.6) is 11.5 Å². The van der Waals surface area contributed by atoms with Crippen LogP contribution < -0.4 is 14.8 Å². The van der Waals surface area contributed by atoms with Crippen LogP contribution in [0.3, 0.4) is 0 Å². The third kappa shape index (κ3) is 5.37. The van der Waals surface area contributed by atoms with Crippen molar-refractivity contribution in [3.05, 3.63) is 66.9 Å². The van der Waals surface area contributed by atoms with Gasteiger partial charge in [-0.2, -0.15) is 13.2 Å². The van der Waals surface area contributed by atoms with Crippen LogP contribution in [0.1, 0.15) is 5.76 Å². The van der Waals surface area contributed by atoms with Crippen molar-refractivity contribution in [3.8, 4) is 22.6 Å². The summed E-state index contributed by atoms with van der Waals surface area (Å²) >= 11 is 0. The maximum absolute atomic E-state index is 10.6. The Bertz CT molecular complexity index is 1290. The number of hydrogen-bond donors (Lipinski definition) is 2. The minimum Gasteiger partial charge on any atom is -0.475 e. The van der Waals surface area contributed by atoms with E-state index in [0.29, 0.717) is 0 Å². The molecule has 1 aliphatic heterocycles. The molecule has 0 saturated carbocycles. The smallest absolute Gasteiger partial charge is 0.475 e. The van der Waals surface area contributed by atoms with Crippen LogP contribution in [-0.4, -0.2) is 40.6 Å². The monoisotopic (exact) mass is 473 g/mol. The van der Waals surface area contributed by atoms with Crippen LogP contribution in [0, 0.1) is 0 Å². The number of benzene rings is 2. The summed E-state index contributed by atoms with van der Waals surface area (Å²) in [6, 6.07) is 16.0. The predicted molar refractivity (Wildman–Crippen MR) is 116 cm³/mol. The van der Waals surface area contributed by atoms with Gasteiger partial charge in [0.15, 0.2) is 11.5 Å². The lowest BCUT2D eigenvalue weighted by Crippen LogP contribution is -2.21. The Morgan fingerprint density at radius 2 is 1.76 bits per heavy atom. The molecule has 0 radical (unpaired) electrons. The number of alkyl halides is 3. The highest BCUT2D eigenvalue weighted by Crippen LogP contribution is 2.36. The van der Waals surface area contributed by atoms with E-state index in [1.165, 1.54) is 0 Å². The van der Waals surface area contributed by atoms with Gasteiger partial charge in [-0.25, -0.2) is 14.8 Å². The first-order valence-electron chi connectivity index (χ1n) is 10.0. The number of fused-ring (bicyclic) bond motifs is 2. The minimum atomic E-state index is -5.08. The first-order chi connectivity index (χ1) is 16.3. The number of aromatic nitrogens is 2. The van der Waals surface area contributed by atoms with Crippen molar-refractivity contribution < 1.29 is 37.0 Å². The van der Waals surface area contributed by atoms with E-state index < -0.39 is 12.1 Å². The molecule has 2 N–H and O–H groups in total. The molecule has 0 fully saturated rings. The van der Waals surface area contributed by atoms with E-state index in [2.05, 4.69) is 27.4 Å². The highest BCUT2D eigenvalue weighted by molar-refractivity contribution is 5.92. The van der Waals surface area contributed by atoms with E-state index >= 15 is 0 Å². The zero-order valence-electron chi connectivity index (χ0n) is 17.5. The van der Waals surface area contributed by atoms with Crippen molar-refractivity contribution in [1.82, 2.24) is 9.97 Å². The molecule has 0 bridgehead atoms. The summed E-state index contributed by atoms with van der Waals surface area (Å²) in [4.78, 5) is 17.7. The van der Waals surface area contributed by atoms with Gasteiger partial charge in [0.1, 0.15) is 17.9 Å². The number of carbonyl (C=O) groups is 1. The summed E-state index contributed by atoms with van der Waals surface area (Å²) in [6.07, 6.45) is -1.02. The lowest BCUT2D eigenvalue weighted by Gasteiger charge is -2.10. The highest BCUT2D eigenvalue weighted by Gasteiger charge is 2.38. The number of aliphatic carboxylic acids is 1. The normalized spacial score (nSPS) is 12.2. The number of carboxylic acids is 1. The fourth-order valence-corrected chi connectivity index (χ4v) is 3.21. The number of nitrogens with one attached hydrogen (secondary N) is 1. The van der Waals surface area contributed by atoms with Crippen molar-refractivity contribution in [2.45, 2.75) is 12.6 Å². The zero-order chi connectivity index (χ0) is 24.1. The number of anilines is 1. The third-order valence-corrected chi connectivity index (χ3v) is 4.83. The molecule has 0 aliphatic carbocycles. The maximum atomic E-state index is 10.6. The average molecular weight is 473 g/mol. The average Bonchev–Trinajstić information content (AvgIpc) is 3.50. The number of nitrogens with zero attached hydrogens (tertiary/aromatic N) is 2. The van der Waals surface area contributed by atoms with Crippen LogP contribution in [0.4, 0.5) is 19.0 Å². The van der Waals surface area contributed by atoms with Gasteiger partial charge >= 0.3 is 12.1 Å². The Labute approximate surface area is 191 Å². The van der Waals surface area contributed by atoms with Crippen LogP contribution in [0.15, 0.2) is 65.5 Å². The summed E-state index contributed by atoms with van der Waals surface area (Å²) in [6.45, 7) is 1.00. The second-order valence-electron chi connectivity index (χ2n) is 7.08. The number of furan rings is 1. The molecule has 34 heavy (non-hydrogen) atoms. The molecule has 0 atom stereocenters. The van der Waals surface area contributed by atoms with Gasteiger partial charge in [0, 0.05) is 18.4 Å². The summed E-state index contributed by atoms with van der Waals surface area (Å²) in [5, 5.41) is 11.5. The van der Waals surface area contributed by atoms with Gasteiger partial charge in [-0.1, -0.05) is 12.1 Å². The molecule has 0 amide bonds. The molecular weight excluding hydrogens is 455 g/mol. The summed E-state index contributed by atoms with van der Waals surface area (Å²) in [5.41, 5.74) is 3.03. The van der Waals surface area contributed by atoms with E-state index in [1.807, 2.05) is 36.4 Å². The first kappa shape index (κ1) is 22.9. The summed E-state index contributed by atoms with van der Waals surface area (Å²) in [5.74, 6) is 0.556. The number of ether oxygens (including phenoxy) is 2. The van der Waals surface area contributed by atoms with E-state index in [1.54, 1.807) is 12.6 Å². The van der Waals surface area contributed by atoms with Crippen LogP contribution >= 0.6 is 0 Å². The molecule has 3 heterocycles. The van der Waals surface area contributed by atoms with Crippen LogP contribution in [0.25, 0.3) is 22.0 Å². The topological polar surface area (TPSA) is 107 Å². The van der Waals surface area contributed by atoms with Crippen LogP contribution in [0.2, 0.25) is 0 Å². The highest BCUT2D eigenvalue weighted by atomic mass is 19.4. The molecule has 2 aromatic carbocycles. The Hall–Kier alpha value is -4.28. The van der Waals surface area contributed by atoms with Crippen molar-refractivity contribution in [1.29, 1.82) is 0 Å². The lowest BCUT2D eigenvalue weighted by atomic mass is 10.0. The third-order valence-electron chi connectivity index (χ3n) is 4.83. The Morgan fingerprint density at radius 3 is 2.50 bits per heavy atom. The number of carboxylic acid groups (broad SMARTS) is 1. The van der Waals surface area contributed by atoms with Gasteiger partial charge < -0.3 is 24.3 Å². The summed E-state index contributed by atoms with van der Waals surface area (Å²) < 4.78 is 48.0. The standard InChI is InChI=1S/C21H17N3O3.C2HF3O2/c1-2-16(25-9-1)7-8-22-21-17-10-14(3-5-18(17)23-12-24-21)15-4-6-19-20(11-15)27-13-26-19;3-2(4,5)1(6)7/h1-6,9-12H,7-8,13H2,(H,22,23,24);(H,6,7). The zero-order valence-corrected chi connectivity index (χ0v) is 17.5. The van der Waals surface area contributed by atoms with E-state index in [0.717, 1.165) is 58.1 Å². The number of hydrogen-bond acceptors (Lipinski definition) is 7. The molecule has 2 aromatic heterocycles. The second-order valence-corrected chi connectivity index (χ2v) is 7.08. The number of rotatable bonds is 5. The van der Waals surface area contributed by atoms with Crippen molar-refractivity contribution >= 4 is 22.7 Å². The SMILES string of the molecule is O=C(O)C(F)(F)F.c1coc(CCNc2ncnc3ccc(-c4ccc5c(c4)OCO5)cc23)c1. The molecule has 0 spiro atoms. The second kappa shape index (κ2) is 9.69. The molecule has 5 rings (SSSR count). The van der Waals surface area contributed by atoms with Gasteiger partial charge in [0.05, 0.1) is 11.8 Å². The van der Waals surface area contributed by atoms with Gasteiger partial charge in [-0.05, 0) is 47.5 Å². The van der Waals surface area contributed by atoms with Gasteiger partial charge in [-0.3, -0.25) is 0 Å². The maximum Gasteiger partial charge on any atom is 0.490 e. The molecule has 0 saturated heterocycles. The van der Waals surface area contributed by atoms with E-state index in [9.17, 15) is 13.2 Å². The van der Waals surface area contributed by atoms with Crippen molar-refractivity contribution in [2.75, 3.05) is 18.7 Å². The van der Waals surface area contributed by atoms with Crippen molar-refractivity contribution in [3.63, 3.8) is 0 Å². The quantitative estimate of drug-likeness (QED) is 0.421. The predicted octanol–water partition coefficient (Wildman–Crippen LogP) is 4.91. The largest absolute Gasteiger partial charge is 0.490 e. The van der Waals surface area contributed by atoms with Crippen LogP contribution in [-0.2, 0) is 11.2 Å². The molecule has 1 aliphatic rings. The Balaban J connectivity index is 0.000000344. The minimum absolute atomic E-state index is 0.272. The molecule has 4 aromatic rings. The molecule has 11 heteroatoms. The van der Waals surface area contributed by atoms with Gasteiger partial charge in [0.2, 0.25) is 6.79 Å². The fraction of sp³-hybridized carbons (Fsp3) is 0.174. The van der Waals surface area contributed by atoms with E-state index in [-0.39, 0.29) is 6.79 Å². The first-order valence-corrected chi connectivity index (χ1v) is 10.0. The Kier molecular flexibility index (Phi) is 6.53. The van der Waals surface area contributed by atoms with E-state index in [4.69, 9.17) is 23.8 Å². The molecule has 0 unspecified atom stereocenters. The molecule has 8 nitrogen and oxygen atoms in total. The molecule has 176 valence electrons. The van der Waals surface area contributed by atoms with Gasteiger partial charge in [0.25, 0.3) is 0 Å². The number of halogens is 3. The lowest BCUT2D eigenvalue weighted by molar-refractivity contribution is -0.192. The molecular formula is C23H18F3N3O5. The van der Waals surface area contributed by atoms with Crippen molar-refractivity contribution in [2.24, 2.45) is 0 Å². The van der Waals surface area contributed by atoms with Gasteiger partial charge in [-0.15, -0.1) is 0 Å². The fourth-order valence-electron chi connectivity index (χ4n) is 3.21.